The average molecular weight is 277 g/mol. The zero-order chi connectivity index (χ0) is 13.8. The first kappa shape index (κ1) is 15.9. The topological polar surface area (TPSA) is 55.4 Å². The number of hydrogen-bond donors (Lipinski definition) is 1. The van der Waals surface area contributed by atoms with Crippen molar-refractivity contribution < 1.29 is 13.2 Å². The van der Waals surface area contributed by atoms with E-state index in [1.807, 2.05) is 7.05 Å². The van der Waals surface area contributed by atoms with Crippen molar-refractivity contribution >= 4 is 9.84 Å². The molecule has 0 amide bonds. The van der Waals surface area contributed by atoms with Crippen LogP contribution in [-0.2, 0) is 14.6 Å². The Labute approximate surface area is 111 Å². The predicted octanol–water partition coefficient (Wildman–Crippen LogP) is 1.60. The fourth-order valence-corrected chi connectivity index (χ4v) is 4.34. The summed E-state index contributed by atoms with van der Waals surface area (Å²) >= 11 is 0. The van der Waals surface area contributed by atoms with Crippen LogP contribution in [0.4, 0.5) is 0 Å². The van der Waals surface area contributed by atoms with Gasteiger partial charge in [-0.1, -0.05) is 0 Å². The molecule has 18 heavy (non-hydrogen) atoms. The molecule has 1 aliphatic rings. The van der Waals surface area contributed by atoms with Crippen molar-refractivity contribution in [2.75, 3.05) is 25.7 Å². The third kappa shape index (κ3) is 5.24. The summed E-state index contributed by atoms with van der Waals surface area (Å²) in [5.41, 5.74) is -0.100. The lowest BCUT2D eigenvalue weighted by Crippen LogP contribution is -2.32. The van der Waals surface area contributed by atoms with Crippen LogP contribution >= 0.6 is 0 Å². The van der Waals surface area contributed by atoms with Crippen molar-refractivity contribution in [3.63, 3.8) is 0 Å². The van der Waals surface area contributed by atoms with Gasteiger partial charge in [0.15, 0.2) is 9.84 Å². The van der Waals surface area contributed by atoms with Crippen LogP contribution in [0, 0.1) is 5.92 Å². The van der Waals surface area contributed by atoms with Crippen molar-refractivity contribution in [3.05, 3.63) is 0 Å². The van der Waals surface area contributed by atoms with E-state index < -0.39 is 9.84 Å². The minimum absolute atomic E-state index is 0.100. The van der Waals surface area contributed by atoms with Crippen LogP contribution in [0.5, 0.6) is 0 Å². The van der Waals surface area contributed by atoms with Crippen molar-refractivity contribution in [1.29, 1.82) is 0 Å². The van der Waals surface area contributed by atoms with Crippen LogP contribution in [0.2, 0.25) is 0 Å². The Morgan fingerprint density at radius 2 is 2.11 bits per heavy atom. The average Bonchev–Trinajstić information content (AvgIpc) is 2.64. The van der Waals surface area contributed by atoms with Gasteiger partial charge >= 0.3 is 0 Å². The molecule has 0 bridgehead atoms. The number of nitrogens with one attached hydrogen (secondary N) is 1. The summed E-state index contributed by atoms with van der Waals surface area (Å²) in [6.07, 6.45) is 3.78. The van der Waals surface area contributed by atoms with E-state index in [-0.39, 0.29) is 5.60 Å². The lowest BCUT2D eigenvalue weighted by molar-refractivity contribution is 0.0114. The predicted molar refractivity (Wildman–Crippen MR) is 74.5 cm³/mol. The third-order valence-electron chi connectivity index (χ3n) is 4.00. The Kier molecular flexibility index (Phi) is 5.62. The number of ether oxygens (including phenoxy) is 1. The Morgan fingerprint density at radius 1 is 1.44 bits per heavy atom. The van der Waals surface area contributed by atoms with E-state index in [0.717, 1.165) is 25.7 Å². The summed E-state index contributed by atoms with van der Waals surface area (Å²) < 4.78 is 28.3. The molecule has 2 atom stereocenters. The van der Waals surface area contributed by atoms with E-state index in [2.05, 4.69) is 19.2 Å². The summed E-state index contributed by atoms with van der Waals surface area (Å²) in [5.74, 6) is 1.08. The van der Waals surface area contributed by atoms with Gasteiger partial charge in [-0.15, -0.1) is 0 Å². The molecule has 0 radical (unpaired) electrons. The van der Waals surface area contributed by atoms with E-state index in [1.54, 1.807) is 7.11 Å². The standard InChI is InChI=1S/C13H27NO3S/c1-13(2,17-4)7-5-12(14-3)9-11-6-8-18(15,16)10-11/h11-12,14H,5-10H2,1-4H3. The minimum atomic E-state index is -2.75. The van der Waals surface area contributed by atoms with Gasteiger partial charge in [0.2, 0.25) is 0 Å². The molecule has 1 N–H and O–H groups in total. The van der Waals surface area contributed by atoms with E-state index in [0.29, 0.717) is 23.5 Å². The highest BCUT2D eigenvalue weighted by Crippen LogP contribution is 2.25. The summed E-state index contributed by atoms with van der Waals surface area (Å²) in [4.78, 5) is 0. The molecule has 1 rings (SSSR count). The minimum Gasteiger partial charge on any atom is -0.379 e. The zero-order valence-electron chi connectivity index (χ0n) is 12.0. The molecule has 1 heterocycles. The van der Waals surface area contributed by atoms with Gasteiger partial charge in [0.1, 0.15) is 0 Å². The van der Waals surface area contributed by atoms with E-state index in [9.17, 15) is 8.42 Å². The molecule has 2 unspecified atom stereocenters. The lowest BCUT2D eigenvalue weighted by atomic mass is 9.92. The number of sulfone groups is 1. The first-order valence-corrected chi connectivity index (χ1v) is 8.53. The van der Waals surface area contributed by atoms with Crippen LogP contribution < -0.4 is 5.32 Å². The quantitative estimate of drug-likeness (QED) is 0.768. The molecular weight excluding hydrogens is 250 g/mol. The second-order valence-corrected chi connectivity index (χ2v) is 8.22. The highest BCUT2D eigenvalue weighted by Gasteiger charge is 2.30. The normalized spacial score (nSPS) is 25.2. The Morgan fingerprint density at radius 3 is 2.56 bits per heavy atom. The van der Waals surface area contributed by atoms with Gasteiger partial charge in [-0.2, -0.15) is 0 Å². The maximum absolute atomic E-state index is 11.4. The fourth-order valence-electron chi connectivity index (χ4n) is 2.46. The van der Waals surface area contributed by atoms with Gasteiger partial charge in [0.25, 0.3) is 0 Å². The maximum atomic E-state index is 11.4. The van der Waals surface area contributed by atoms with Gasteiger partial charge in [0, 0.05) is 13.2 Å². The zero-order valence-corrected chi connectivity index (χ0v) is 12.8. The van der Waals surface area contributed by atoms with Gasteiger partial charge in [0.05, 0.1) is 17.1 Å². The Bertz CT molecular complexity index is 351. The van der Waals surface area contributed by atoms with Crippen molar-refractivity contribution in [1.82, 2.24) is 5.32 Å². The first-order valence-electron chi connectivity index (χ1n) is 6.71. The van der Waals surface area contributed by atoms with Gasteiger partial charge in [-0.25, -0.2) is 8.42 Å². The van der Waals surface area contributed by atoms with E-state index in [1.165, 1.54) is 0 Å². The second-order valence-electron chi connectivity index (χ2n) is 5.99. The SMILES string of the molecule is CNC(CCC(C)(C)OC)CC1CCS(=O)(=O)C1. The molecule has 108 valence electrons. The van der Waals surface area contributed by atoms with Crippen LogP contribution in [0.3, 0.4) is 0 Å². The molecule has 0 aliphatic carbocycles. The maximum Gasteiger partial charge on any atom is 0.150 e. The monoisotopic (exact) mass is 277 g/mol. The molecule has 0 aromatic carbocycles. The van der Waals surface area contributed by atoms with Crippen LogP contribution in [0.25, 0.3) is 0 Å². The molecule has 4 nitrogen and oxygen atoms in total. The summed E-state index contributed by atoms with van der Waals surface area (Å²) in [6, 6.07) is 0.387. The largest absolute Gasteiger partial charge is 0.379 e. The van der Waals surface area contributed by atoms with E-state index >= 15 is 0 Å². The Hall–Kier alpha value is -0.130. The van der Waals surface area contributed by atoms with Crippen LogP contribution in [0.15, 0.2) is 0 Å². The third-order valence-corrected chi connectivity index (χ3v) is 5.84. The molecule has 0 aromatic heterocycles. The lowest BCUT2D eigenvalue weighted by Gasteiger charge is -2.26. The first-order chi connectivity index (χ1) is 8.28. The molecule has 0 saturated carbocycles. The second kappa shape index (κ2) is 6.35. The highest BCUT2D eigenvalue weighted by molar-refractivity contribution is 7.91. The van der Waals surface area contributed by atoms with Crippen molar-refractivity contribution in [2.45, 2.75) is 51.2 Å². The summed E-state index contributed by atoms with van der Waals surface area (Å²) in [6.45, 7) is 4.17. The number of rotatable bonds is 7. The fraction of sp³-hybridized carbons (Fsp3) is 1.00. The van der Waals surface area contributed by atoms with Gasteiger partial charge < -0.3 is 10.1 Å². The summed E-state index contributed by atoms with van der Waals surface area (Å²) in [5, 5.41) is 3.30. The molecule has 1 saturated heterocycles. The van der Waals surface area contributed by atoms with Crippen LogP contribution in [-0.4, -0.2) is 45.7 Å². The molecule has 0 aromatic rings. The van der Waals surface area contributed by atoms with Gasteiger partial charge in [-0.05, 0) is 52.5 Å². The molecule has 1 aliphatic heterocycles. The molecule has 0 spiro atoms. The van der Waals surface area contributed by atoms with Gasteiger partial charge in [-0.3, -0.25) is 0 Å². The number of methoxy groups -OCH3 is 1. The summed E-state index contributed by atoms with van der Waals surface area (Å²) in [7, 11) is 0.937. The van der Waals surface area contributed by atoms with Crippen molar-refractivity contribution in [3.8, 4) is 0 Å². The highest BCUT2D eigenvalue weighted by atomic mass is 32.2. The van der Waals surface area contributed by atoms with Crippen LogP contribution in [0.1, 0.15) is 39.5 Å². The molecule has 1 fully saturated rings. The van der Waals surface area contributed by atoms with E-state index in [4.69, 9.17) is 4.74 Å². The Balaban J connectivity index is 2.39. The molecular formula is C13H27NO3S. The number of hydrogen-bond acceptors (Lipinski definition) is 4. The van der Waals surface area contributed by atoms with Crippen molar-refractivity contribution in [2.24, 2.45) is 5.92 Å². The molecule has 5 heteroatoms. The smallest absolute Gasteiger partial charge is 0.150 e.